The van der Waals surface area contributed by atoms with Gasteiger partial charge in [-0.15, -0.1) is 0 Å². The molecule has 3 aliphatic heterocycles. The Bertz CT molecular complexity index is 2520. The summed E-state index contributed by atoms with van der Waals surface area (Å²) in [6, 6.07) is 48.8. The molecule has 0 amide bonds. The number of hydrogen-bond donors (Lipinski definition) is 0. The molecule has 4 aliphatic rings. The summed E-state index contributed by atoms with van der Waals surface area (Å²) < 4.78 is 0. The zero-order valence-corrected chi connectivity index (χ0v) is 31.6. The van der Waals surface area contributed by atoms with Crippen molar-refractivity contribution in [1.82, 2.24) is 0 Å². The van der Waals surface area contributed by atoms with E-state index in [9.17, 15) is 0 Å². The minimum Gasteiger partial charge on any atom is -0.311 e. The van der Waals surface area contributed by atoms with Crippen LogP contribution in [0.25, 0.3) is 28.0 Å². The van der Waals surface area contributed by atoms with Gasteiger partial charge in [-0.05, 0) is 79.9 Å². The molecule has 52 heavy (non-hydrogen) atoms. The van der Waals surface area contributed by atoms with Gasteiger partial charge < -0.3 is 9.80 Å². The quantitative estimate of drug-likeness (QED) is 0.160. The van der Waals surface area contributed by atoms with Gasteiger partial charge in [0.25, 0.3) is 0 Å². The smallest absolute Gasteiger partial charge is 0.248 e. The van der Waals surface area contributed by atoms with Gasteiger partial charge >= 0.3 is 0 Å². The Morgan fingerprint density at radius 1 is 0.500 bits per heavy atom. The number of nitrogens with zero attached hydrogens (tertiary/aromatic N) is 2. The van der Waals surface area contributed by atoms with Gasteiger partial charge in [-0.2, -0.15) is 0 Å². The molecular weight excluding hydrogens is 627 g/mol. The molecule has 0 bridgehead atoms. The number of hydrogen-bond acceptors (Lipinski definition) is 2. The average molecular weight is 673 g/mol. The van der Waals surface area contributed by atoms with Crippen LogP contribution < -0.4 is 20.7 Å². The highest BCUT2D eigenvalue weighted by molar-refractivity contribution is 6.96. The number of fused-ring (bicyclic) bond motifs is 10. The fourth-order valence-corrected chi connectivity index (χ4v) is 9.72. The van der Waals surface area contributed by atoms with Crippen molar-refractivity contribution in [2.24, 2.45) is 0 Å². The Balaban J connectivity index is 1.38. The maximum atomic E-state index is 2.63. The Morgan fingerprint density at radius 2 is 1.06 bits per heavy atom. The zero-order valence-electron chi connectivity index (χ0n) is 31.6. The van der Waals surface area contributed by atoms with E-state index in [1.165, 1.54) is 95.0 Å². The van der Waals surface area contributed by atoms with E-state index in [4.69, 9.17) is 0 Å². The van der Waals surface area contributed by atoms with Crippen molar-refractivity contribution in [3.05, 3.63) is 155 Å². The predicted octanol–water partition coefficient (Wildman–Crippen LogP) is 11.7. The van der Waals surface area contributed by atoms with E-state index in [-0.39, 0.29) is 23.0 Å². The average Bonchev–Trinajstić information content (AvgIpc) is 3.28. The number of benzene rings is 6. The van der Waals surface area contributed by atoms with Crippen molar-refractivity contribution in [2.75, 3.05) is 9.80 Å². The first kappa shape index (κ1) is 31.5. The van der Waals surface area contributed by atoms with Gasteiger partial charge in [0.2, 0.25) is 6.71 Å². The third kappa shape index (κ3) is 4.14. The van der Waals surface area contributed by atoms with Gasteiger partial charge in [-0.1, -0.05) is 158 Å². The lowest BCUT2D eigenvalue weighted by Gasteiger charge is -2.47. The maximum absolute atomic E-state index is 2.63. The third-order valence-electron chi connectivity index (χ3n) is 12.3. The van der Waals surface area contributed by atoms with Gasteiger partial charge in [0.1, 0.15) is 0 Å². The van der Waals surface area contributed by atoms with Crippen LogP contribution in [0.1, 0.15) is 77.6 Å². The molecule has 0 unspecified atom stereocenters. The van der Waals surface area contributed by atoms with Gasteiger partial charge in [0.15, 0.2) is 0 Å². The minimum absolute atomic E-state index is 0.0710. The first-order valence-electron chi connectivity index (χ1n) is 18.9. The molecule has 0 N–H and O–H groups in total. The Kier molecular flexibility index (Phi) is 6.30. The summed E-state index contributed by atoms with van der Waals surface area (Å²) >= 11 is 0. The standard InChI is InChI=1S/C49H45BN2/c1-47(2,3)30-24-26-32(27-25-30)51-41-28-31(48(4,5)6)29-42-43(41)50(46-45(51)37-19-11-13-21-38(37)49(46,7)8)39-22-15-20-36-34-17-10-9-16-33(34)35-18-12-14-23-40(35)52(42)44(36)39/h9-29H,1-8H3. The molecule has 0 aromatic heterocycles. The largest absolute Gasteiger partial charge is 0.311 e. The molecule has 1 aliphatic carbocycles. The van der Waals surface area contributed by atoms with Crippen LogP contribution in [-0.2, 0) is 16.2 Å². The van der Waals surface area contributed by atoms with Gasteiger partial charge in [-0.25, -0.2) is 0 Å². The van der Waals surface area contributed by atoms with Crippen molar-refractivity contribution in [1.29, 1.82) is 0 Å². The summed E-state index contributed by atoms with van der Waals surface area (Å²) in [5.74, 6) is 0. The SMILES string of the molecule is CC(C)(C)c1ccc(N2C3=C(B4c5cccc6c5N(c5ccccc5-c5ccccc5-6)c5cc(C(C)(C)C)cc2c54)C(C)(C)c2ccccc23)cc1. The summed E-state index contributed by atoms with van der Waals surface area (Å²) in [7, 11) is 0. The third-order valence-corrected chi connectivity index (χ3v) is 12.3. The molecule has 3 heterocycles. The fraction of sp³-hybridized carbons (Fsp3) is 0.224. The minimum atomic E-state index is -0.191. The highest BCUT2D eigenvalue weighted by Gasteiger charge is 2.53. The highest BCUT2D eigenvalue weighted by atomic mass is 15.2. The lowest BCUT2D eigenvalue weighted by atomic mass is 9.30. The topological polar surface area (TPSA) is 6.48 Å². The summed E-state index contributed by atoms with van der Waals surface area (Å²) in [5.41, 5.74) is 22.4. The van der Waals surface area contributed by atoms with E-state index in [0.717, 1.165) is 0 Å². The first-order chi connectivity index (χ1) is 24.9. The molecule has 6 aromatic carbocycles. The molecule has 0 saturated carbocycles. The molecule has 254 valence electrons. The summed E-state index contributed by atoms with van der Waals surface area (Å²) in [5, 5.41) is 0. The number of rotatable bonds is 1. The molecule has 0 radical (unpaired) electrons. The van der Waals surface area contributed by atoms with Gasteiger partial charge in [0, 0.05) is 50.6 Å². The van der Waals surface area contributed by atoms with Crippen molar-refractivity contribution in [3.8, 4) is 22.3 Å². The summed E-state index contributed by atoms with van der Waals surface area (Å²) in [4.78, 5) is 5.26. The monoisotopic (exact) mass is 672 g/mol. The van der Waals surface area contributed by atoms with E-state index in [1.54, 1.807) is 0 Å². The predicted molar refractivity (Wildman–Crippen MR) is 223 cm³/mol. The van der Waals surface area contributed by atoms with Gasteiger partial charge in [-0.3, -0.25) is 0 Å². The Hall–Kier alpha value is -5.28. The van der Waals surface area contributed by atoms with Crippen LogP contribution in [0.4, 0.5) is 28.4 Å². The molecular formula is C49H45BN2. The lowest BCUT2D eigenvalue weighted by Crippen LogP contribution is -2.57. The number of anilines is 5. The van der Waals surface area contributed by atoms with E-state index in [2.05, 4.69) is 193 Å². The second-order valence-electron chi connectivity index (χ2n) is 17.8. The Morgan fingerprint density at radius 3 is 1.73 bits per heavy atom. The summed E-state index contributed by atoms with van der Waals surface area (Å²) in [6.45, 7) is 19.0. The normalized spacial score (nSPS) is 16.0. The molecule has 3 heteroatoms. The van der Waals surface area contributed by atoms with Gasteiger partial charge in [0.05, 0.1) is 5.69 Å². The molecule has 0 saturated heterocycles. The highest BCUT2D eigenvalue weighted by Crippen LogP contribution is 2.58. The molecule has 10 rings (SSSR count). The second-order valence-corrected chi connectivity index (χ2v) is 17.8. The van der Waals surface area contributed by atoms with E-state index < -0.39 is 0 Å². The summed E-state index contributed by atoms with van der Waals surface area (Å²) in [6.07, 6.45) is 0. The second kappa shape index (κ2) is 10.4. The van der Waals surface area contributed by atoms with Crippen LogP contribution in [0.2, 0.25) is 0 Å². The number of allylic oxidation sites excluding steroid dienone is 1. The van der Waals surface area contributed by atoms with Crippen molar-refractivity contribution in [3.63, 3.8) is 0 Å². The van der Waals surface area contributed by atoms with Crippen molar-refractivity contribution >= 4 is 51.8 Å². The fourth-order valence-electron chi connectivity index (χ4n) is 9.72. The lowest BCUT2D eigenvalue weighted by molar-refractivity contribution is 0.590. The first-order valence-corrected chi connectivity index (χ1v) is 18.9. The molecule has 0 atom stereocenters. The number of para-hydroxylation sites is 2. The van der Waals surface area contributed by atoms with Crippen molar-refractivity contribution < 1.29 is 0 Å². The van der Waals surface area contributed by atoms with Crippen LogP contribution in [0, 0.1) is 0 Å². The molecule has 6 aromatic rings. The van der Waals surface area contributed by atoms with Crippen LogP contribution in [0.5, 0.6) is 0 Å². The Labute approximate surface area is 309 Å². The van der Waals surface area contributed by atoms with Crippen LogP contribution >= 0.6 is 0 Å². The van der Waals surface area contributed by atoms with E-state index in [0.29, 0.717) is 0 Å². The van der Waals surface area contributed by atoms with E-state index in [1.807, 2.05) is 0 Å². The van der Waals surface area contributed by atoms with Crippen LogP contribution in [0.3, 0.4) is 0 Å². The van der Waals surface area contributed by atoms with Crippen LogP contribution in [-0.4, -0.2) is 6.71 Å². The van der Waals surface area contributed by atoms with E-state index >= 15 is 0 Å². The molecule has 0 fully saturated rings. The van der Waals surface area contributed by atoms with Crippen molar-refractivity contribution in [2.45, 2.75) is 71.6 Å². The maximum Gasteiger partial charge on any atom is 0.248 e. The molecule has 2 nitrogen and oxygen atoms in total. The zero-order chi connectivity index (χ0) is 35.9. The molecule has 0 spiro atoms. The van der Waals surface area contributed by atoms with Crippen LogP contribution in [0.15, 0.2) is 133 Å².